The summed E-state index contributed by atoms with van der Waals surface area (Å²) in [4.78, 5) is 7.09. The van der Waals surface area contributed by atoms with Crippen LogP contribution >= 0.6 is 0 Å². The topological polar surface area (TPSA) is 28.2 Å². The van der Waals surface area contributed by atoms with Gasteiger partial charge in [0.2, 0.25) is 0 Å². The van der Waals surface area contributed by atoms with E-state index in [0.717, 1.165) is 30.5 Å². The second-order valence-corrected chi connectivity index (χ2v) is 6.20. The van der Waals surface area contributed by atoms with Crippen LogP contribution in [0.1, 0.15) is 39.3 Å². The predicted octanol–water partition coefficient (Wildman–Crippen LogP) is 3.06. The first-order valence-electron chi connectivity index (χ1n) is 7.47. The van der Waals surface area contributed by atoms with Crippen LogP contribution in [0.15, 0.2) is 18.2 Å². The van der Waals surface area contributed by atoms with Gasteiger partial charge in [-0.05, 0) is 50.3 Å². The standard InChI is InChI=1S/C16H27N3/c1-12(2)10-17-11-15-6-5-7-16(18-15)19(4)13(3)14-8-9-14/h5-7,12-14,17H,8-11H2,1-4H3. The van der Waals surface area contributed by atoms with E-state index in [1.54, 1.807) is 0 Å². The van der Waals surface area contributed by atoms with Crippen LogP contribution in [0.4, 0.5) is 5.82 Å². The van der Waals surface area contributed by atoms with Crippen molar-refractivity contribution in [3.05, 3.63) is 23.9 Å². The molecule has 1 unspecified atom stereocenters. The van der Waals surface area contributed by atoms with Gasteiger partial charge in [0, 0.05) is 19.6 Å². The lowest BCUT2D eigenvalue weighted by Crippen LogP contribution is -2.31. The number of aromatic nitrogens is 1. The molecule has 2 rings (SSSR count). The maximum Gasteiger partial charge on any atom is 0.128 e. The Morgan fingerprint density at radius 2 is 2.05 bits per heavy atom. The van der Waals surface area contributed by atoms with Crippen molar-refractivity contribution in [2.24, 2.45) is 11.8 Å². The molecule has 0 amide bonds. The van der Waals surface area contributed by atoms with E-state index in [4.69, 9.17) is 4.98 Å². The highest BCUT2D eigenvalue weighted by Crippen LogP contribution is 2.35. The van der Waals surface area contributed by atoms with Gasteiger partial charge in [-0.1, -0.05) is 19.9 Å². The summed E-state index contributed by atoms with van der Waals surface area (Å²) in [5.41, 5.74) is 1.13. The third-order valence-electron chi connectivity index (χ3n) is 3.93. The van der Waals surface area contributed by atoms with Crippen molar-refractivity contribution < 1.29 is 0 Å². The molecule has 1 aromatic rings. The summed E-state index contributed by atoms with van der Waals surface area (Å²) in [5, 5.41) is 3.45. The molecular formula is C16H27N3. The number of nitrogens with zero attached hydrogens (tertiary/aromatic N) is 2. The fourth-order valence-corrected chi connectivity index (χ4v) is 2.35. The van der Waals surface area contributed by atoms with Crippen LogP contribution in [0.3, 0.4) is 0 Å². The Hall–Kier alpha value is -1.09. The van der Waals surface area contributed by atoms with Gasteiger partial charge in [0.05, 0.1) is 5.69 Å². The van der Waals surface area contributed by atoms with E-state index in [1.807, 2.05) is 0 Å². The lowest BCUT2D eigenvalue weighted by molar-refractivity contribution is 0.547. The van der Waals surface area contributed by atoms with E-state index < -0.39 is 0 Å². The Morgan fingerprint density at radius 3 is 2.68 bits per heavy atom. The highest BCUT2D eigenvalue weighted by molar-refractivity contribution is 5.39. The number of hydrogen-bond donors (Lipinski definition) is 1. The molecule has 19 heavy (non-hydrogen) atoms. The molecule has 1 aliphatic carbocycles. The van der Waals surface area contributed by atoms with E-state index in [0.29, 0.717) is 12.0 Å². The average molecular weight is 261 g/mol. The third kappa shape index (κ3) is 4.20. The summed E-state index contributed by atoms with van der Waals surface area (Å²) in [5.74, 6) is 2.65. The third-order valence-corrected chi connectivity index (χ3v) is 3.93. The van der Waals surface area contributed by atoms with Crippen molar-refractivity contribution in [3.63, 3.8) is 0 Å². The van der Waals surface area contributed by atoms with E-state index in [-0.39, 0.29) is 0 Å². The fourth-order valence-electron chi connectivity index (χ4n) is 2.35. The summed E-state index contributed by atoms with van der Waals surface area (Å²) in [6.07, 6.45) is 2.75. The highest BCUT2D eigenvalue weighted by Gasteiger charge is 2.30. The molecule has 0 spiro atoms. The highest BCUT2D eigenvalue weighted by atomic mass is 15.2. The van der Waals surface area contributed by atoms with Crippen molar-refractivity contribution >= 4 is 5.82 Å². The smallest absolute Gasteiger partial charge is 0.128 e. The number of pyridine rings is 1. The molecule has 1 aliphatic rings. The molecule has 1 atom stereocenters. The van der Waals surface area contributed by atoms with Crippen LogP contribution in [0.5, 0.6) is 0 Å². The Morgan fingerprint density at radius 1 is 1.32 bits per heavy atom. The lowest BCUT2D eigenvalue weighted by Gasteiger charge is -2.26. The molecule has 1 aromatic heterocycles. The molecule has 106 valence electrons. The molecule has 3 nitrogen and oxygen atoms in total. The van der Waals surface area contributed by atoms with Crippen LogP contribution in [0.25, 0.3) is 0 Å². The SMILES string of the molecule is CC(C)CNCc1cccc(N(C)C(C)C2CC2)n1. The van der Waals surface area contributed by atoms with Gasteiger partial charge in [-0.15, -0.1) is 0 Å². The van der Waals surface area contributed by atoms with Crippen LogP contribution in [-0.2, 0) is 6.54 Å². The minimum atomic E-state index is 0.603. The van der Waals surface area contributed by atoms with Gasteiger partial charge >= 0.3 is 0 Å². The predicted molar refractivity (Wildman–Crippen MR) is 81.4 cm³/mol. The minimum absolute atomic E-state index is 0.603. The van der Waals surface area contributed by atoms with Gasteiger partial charge < -0.3 is 10.2 Å². The monoisotopic (exact) mass is 261 g/mol. The zero-order chi connectivity index (χ0) is 13.8. The van der Waals surface area contributed by atoms with Gasteiger partial charge in [0.1, 0.15) is 5.82 Å². The summed E-state index contributed by atoms with van der Waals surface area (Å²) in [6.45, 7) is 8.66. The zero-order valence-electron chi connectivity index (χ0n) is 12.7. The molecule has 0 aromatic carbocycles. The van der Waals surface area contributed by atoms with Gasteiger partial charge in [-0.3, -0.25) is 0 Å². The first kappa shape index (κ1) is 14.3. The second kappa shape index (κ2) is 6.38. The molecule has 0 aliphatic heterocycles. The van der Waals surface area contributed by atoms with Crippen LogP contribution in [-0.4, -0.2) is 24.6 Å². The average Bonchev–Trinajstić information content (AvgIpc) is 3.21. The first-order valence-corrected chi connectivity index (χ1v) is 7.47. The molecule has 1 fully saturated rings. The number of anilines is 1. The molecule has 0 saturated heterocycles. The summed E-state index contributed by atoms with van der Waals surface area (Å²) < 4.78 is 0. The molecular weight excluding hydrogens is 234 g/mol. The van der Waals surface area contributed by atoms with Crippen molar-refractivity contribution in [1.29, 1.82) is 0 Å². The van der Waals surface area contributed by atoms with Gasteiger partial charge in [0.15, 0.2) is 0 Å². The Kier molecular flexibility index (Phi) is 4.81. The summed E-state index contributed by atoms with van der Waals surface area (Å²) in [6, 6.07) is 6.94. The maximum atomic E-state index is 4.76. The molecule has 0 bridgehead atoms. The molecule has 1 heterocycles. The Bertz CT molecular complexity index is 399. The van der Waals surface area contributed by atoms with E-state index in [9.17, 15) is 0 Å². The Balaban J connectivity index is 1.93. The number of rotatable bonds is 7. The zero-order valence-corrected chi connectivity index (χ0v) is 12.7. The Labute approximate surface area is 117 Å². The number of nitrogens with one attached hydrogen (secondary N) is 1. The molecule has 0 radical (unpaired) electrons. The van der Waals surface area contributed by atoms with E-state index >= 15 is 0 Å². The van der Waals surface area contributed by atoms with Crippen molar-refractivity contribution in [2.45, 2.75) is 46.2 Å². The van der Waals surface area contributed by atoms with Crippen molar-refractivity contribution in [3.8, 4) is 0 Å². The summed E-state index contributed by atoms with van der Waals surface area (Å²) >= 11 is 0. The van der Waals surface area contributed by atoms with Gasteiger partial charge in [-0.2, -0.15) is 0 Å². The first-order chi connectivity index (χ1) is 9.08. The fraction of sp³-hybridized carbons (Fsp3) is 0.688. The minimum Gasteiger partial charge on any atom is -0.357 e. The maximum absolute atomic E-state index is 4.76. The summed E-state index contributed by atoms with van der Waals surface area (Å²) in [7, 11) is 2.16. The second-order valence-electron chi connectivity index (χ2n) is 6.20. The van der Waals surface area contributed by atoms with Crippen LogP contribution in [0, 0.1) is 11.8 Å². The molecule has 1 saturated carbocycles. The quantitative estimate of drug-likeness (QED) is 0.817. The van der Waals surface area contributed by atoms with Crippen molar-refractivity contribution in [1.82, 2.24) is 10.3 Å². The van der Waals surface area contributed by atoms with E-state index in [1.165, 1.54) is 12.8 Å². The molecule has 1 N–H and O–H groups in total. The van der Waals surface area contributed by atoms with Crippen LogP contribution < -0.4 is 10.2 Å². The van der Waals surface area contributed by atoms with E-state index in [2.05, 4.69) is 56.2 Å². The largest absolute Gasteiger partial charge is 0.357 e. The molecule has 3 heteroatoms. The van der Waals surface area contributed by atoms with Crippen molar-refractivity contribution in [2.75, 3.05) is 18.5 Å². The van der Waals surface area contributed by atoms with Gasteiger partial charge in [-0.25, -0.2) is 4.98 Å². The number of hydrogen-bond acceptors (Lipinski definition) is 3. The normalized spacial score (nSPS) is 16.7. The van der Waals surface area contributed by atoms with Crippen LogP contribution in [0.2, 0.25) is 0 Å². The lowest BCUT2D eigenvalue weighted by atomic mass is 10.2. The van der Waals surface area contributed by atoms with Gasteiger partial charge in [0.25, 0.3) is 0 Å².